The molecule has 2 N–H and O–H groups in total. The zero-order chi connectivity index (χ0) is 7.68. The highest BCUT2D eigenvalue weighted by Gasteiger charge is 2.06. The summed E-state index contributed by atoms with van der Waals surface area (Å²) in [5.41, 5.74) is 2.76. The van der Waals surface area contributed by atoms with E-state index < -0.39 is 0 Å². The molecular formula is C6H8N4O. The maximum atomic E-state index is 11.0. The summed E-state index contributed by atoms with van der Waals surface area (Å²) in [6.45, 7) is 0.706. The fourth-order valence-corrected chi connectivity index (χ4v) is 0.997. The van der Waals surface area contributed by atoms with E-state index in [0.29, 0.717) is 6.54 Å². The van der Waals surface area contributed by atoms with Crippen molar-refractivity contribution in [2.45, 2.75) is 0 Å². The summed E-state index contributed by atoms with van der Waals surface area (Å²) < 4.78 is 1.47. The Morgan fingerprint density at radius 1 is 1.55 bits per heavy atom. The third-order valence-electron chi connectivity index (χ3n) is 1.51. The van der Waals surface area contributed by atoms with Crippen molar-refractivity contribution in [3.8, 4) is 0 Å². The molecule has 0 bridgehead atoms. The third kappa shape index (κ3) is 0.899. The van der Waals surface area contributed by atoms with E-state index in [1.807, 2.05) is 6.08 Å². The second-order valence-electron chi connectivity index (χ2n) is 2.22. The van der Waals surface area contributed by atoms with Crippen LogP contribution >= 0.6 is 0 Å². The first-order valence-electron chi connectivity index (χ1n) is 3.33. The van der Waals surface area contributed by atoms with Gasteiger partial charge in [-0.3, -0.25) is 5.43 Å². The topological polar surface area (TPSA) is 53.1 Å². The first-order valence-corrected chi connectivity index (χ1v) is 3.33. The second-order valence-corrected chi connectivity index (χ2v) is 2.22. The third-order valence-corrected chi connectivity index (χ3v) is 1.51. The van der Waals surface area contributed by atoms with Crippen LogP contribution in [0.4, 0.5) is 0 Å². The van der Waals surface area contributed by atoms with Crippen LogP contribution in [0.15, 0.2) is 29.5 Å². The minimum absolute atomic E-state index is 0.138. The number of aromatic nitrogens is 2. The second kappa shape index (κ2) is 2.19. The molecule has 2 rings (SSSR count). The first kappa shape index (κ1) is 6.09. The van der Waals surface area contributed by atoms with E-state index in [0.717, 1.165) is 0 Å². The fourth-order valence-electron chi connectivity index (χ4n) is 0.997. The molecule has 1 aliphatic heterocycles. The van der Waals surface area contributed by atoms with Crippen molar-refractivity contribution in [1.29, 1.82) is 0 Å². The van der Waals surface area contributed by atoms with Gasteiger partial charge in [-0.25, -0.2) is 9.91 Å². The molecule has 0 spiro atoms. The Bertz CT molecular complexity index is 315. The van der Waals surface area contributed by atoms with Gasteiger partial charge >= 0.3 is 5.69 Å². The van der Waals surface area contributed by atoms with Crippen LogP contribution in [-0.2, 0) is 0 Å². The minimum Gasteiger partial charge on any atom is -0.311 e. The maximum Gasteiger partial charge on any atom is 0.345 e. The zero-order valence-corrected chi connectivity index (χ0v) is 5.82. The van der Waals surface area contributed by atoms with Gasteiger partial charge in [-0.05, 0) is 6.08 Å². The lowest BCUT2D eigenvalue weighted by Gasteiger charge is -2.17. The number of nitrogens with zero attached hydrogens (tertiary/aromatic N) is 2. The van der Waals surface area contributed by atoms with Gasteiger partial charge in [-0.2, -0.15) is 4.68 Å². The van der Waals surface area contributed by atoms with Gasteiger partial charge in [-0.1, -0.05) is 0 Å². The molecule has 0 saturated heterocycles. The van der Waals surface area contributed by atoms with Gasteiger partial charge < -0.3 is 4.98 Å². The van der Waals surface area contributed by atoms with Gasteiger partial charge in [-0.15, -0.1) is 0 Å². The van der Waals surface area contributed by atoms with Crippen LogP contribution in [0, 0.1) is 0 Å². The number of rotatable bonds is 1. The number of hydrazine groups is 1. The Morgan fingerprint density at radius 2 is 2.45 bits per heavy atom. The molecule has 11 heavy (non-hydrogen) atoms. The van der Waals surface area contributed by atoms with Gasteiger partial charge in [0.15, 0.2) is 0 Å². The number of nitrogens with one attached hydrogen (secondary N) is 2. The summed E-state index contributed by atoms with van der Waals surface area (Å²) in [5, 5.41) is 1.69. The Morgan fingerprint density at radius 3 is 3.00 bits per heavy atom. The summed E-state index contributed by atoms with van der Waals surface area (Å²) >= 11 is 0. The van der Waals surface area contributed by atoms with Crippen LogP contribution < -0.4 is 16.2 Å². The molecule has 2 heterocycles. The lowest BCUT2D eigenvalue weighted by Crippen LogP contribution is -2.45. The highest BCUT2D eigenvalue weighted by molar-refractivity contribution is 5.02. The van der Waals surface area contributed by atoms with E-state index in [9.17, 15) is 4.79 Å². The minimum atomic E-state index is -0.138. The number of H-pyrrole nitrogens is 1. The zero-order valence-electron chi connectivity index (χ0n) is 5.82. The van der Waals surface area contributed by atoms with Gasteiger partial charge in [0.25, 0.3) is 0 Å². The average Bonchev–Trinajstić information content (AvgIpc) is 2.55. The molecule has 0 radical (unpaired) electrons. The molecule has 5 nitrogen and oxygen atoms in total. The summed E-state index contributed by atoms with van der Waals surface area (Å²) in [5.74, 6) is 0. The molecule has 0 atom stereocenters. The lowest BCUT2D eigenvalue weighted by molar-refractivity contribution is 0.576. The van der Waals surface area contributed by atoms with E-state index in [-0.39, 0.29) is 5.69 Å². The molecule has 5 heteroatoms. The van der Waals surface area contributed by atoms with Crippen LogP contribution in [0.2, 0.25) is 0 Å². The summed E-state index contributed by atoms with van der Waals surface area (Å²) in [4.78, 5) is 13.5. The fraction of sp³-hybridized carbons (Fsp3) is 0.167. The van der Waals surface area contributed by atoms with Gasteiger partial charge in [0.1, 0.15) is 0 Å². The molecule has 58 valence electrons. The predicted molar refractivity (Wildman–Crippen MR) is 40.4 cm³/mol. The normalized spacial score (nSPS) is 15.5. The van der Waals surface area contributed by atoms with Crippen LogP contribution in [-0.4, -0.2) is 16.2 Å². The quantitative estimate of drug-likeness (QED) is 0.551. The molecule has 1 aromatic rings. The van der Waals surface area contributed by atoms with Crippen molar-refractivity contribution in [2.75, 3.05) is 11.7 Å². The van der Waals surface area contributed by atoms with Crippen LogP contribution in [0.3, 0.4) is 0 Å². The molecular weight excluding hydrogens is 144 g/mol. The van der Waals surface area contributed by atoms with Crippen LogP contribution in [0.5, 0.6) is 0 Å². The predicted octanol–water partition coefficient (Wildman–Crippen LogP) is -0.854. The van der Waals surface area contributed by atoms with Gasteiger partial charge in [0, 0.05) is 18.6 Å². The van der Waals surface area contributed by atoms with E-state index in [4.69, 9.17) is 0 Å². The Kier molecular flexibility index (Phi) is 1.21. The summed E-state index contributed by atoms with van der Waals surface area (Å²) in [6.07, 6.45) is 6.99. The van der Waals surface area contributed by atoms with Gasteiger partial charge in [0.05, 0.1) is 6.54 Å². The largest absolute Gasteiger partial charge is 0.345 e. The molecule has 0 amide bonds. The monoisotopic (exact) mass is 152 g/mol. The van der Waals surface area contributed by atoms with Crippen molar-refractivity contribution < 1.29 is 0 Å². The van der Waals surface area contributed by atoms with Crippen molar-refractivity contribution >= 4 is 0 Å². The number of hydrogen-bond acceptors (Lipinski definition) is 3. The average molecular weight is 152 g/mol. The molecule has 0 aromatic carbocycles. The molecule has 0 unspecified atom stereocenters. The van der Waals surface area contributed by atoms with Crippen molar-refractivity contribution in [2.24, 2.45) is 0 Å². The SMILES string of the molecule is O=c1[nH]ccn1N1CC=CN1. The summed E-state index contributed by atoms with van der Waals surface area (Å²) in [6, 6.07) is 0. The highest BCUT2D eigenvalue weighted by Crippen LogP contribution is 1.88. The van der Waals surface area contributed by atoms with E-state index in [1.165, 1.54) is 4.68 Å². The Labute approximate surface area is 62.9 Å². The van der Waals surface area contributed by atoms with Crippen molar-refractivity contribution in [3.63, 3.8) is 0 Å². The Balaban J connectivity index is 2.30. The van der Waals surface area contributed by atoms with Crippen molar-refractivity contribution in [1.82, 2.24) is 15.1 Å². The number of hydrogen-bond donors (Lipinski definition) is 2. The molecule has 0 fully saturated rings. The lowest BCUT2D eigenvalue weighted by atomic mass is 10.6. The van der Waals surface area contributed by atoms with E-state index in [1.54, 1.807) is 23.7 Å². The Hall–Kier alpha value is -1.65. The van der Waals surface area contributed by atoms with Crippen LogP contribution in [0.25, 0.3) is 0 Å². The van der Waals surface area contributed by atoms with Gasteiger partial charge in [0.2, 0.25) is 0 Å². The molecule has 0 saturated carbocycles. The van der Waals surface area contributed by atoms with Crippen molar-refractivity contribution in [3.05, 3.63) is 35.2 Å². The standard InChI is InChI=1S/C6H8N4O/c11-6-7-3-5-9(6)10-4-1-2-8-10/h1-3,5,8H,4H2,(H,7,11). The molecule has 0 aliphatic carbocycles. The molecule has 1 aliphatic rings. The summed E-state index contributed by atoms with van der Waals surface area (Å²) in [7, 11) is 0. The maximum absolute atomic E-state index is 11.0. The smallest absolute Gasteiger partial charge is 0.311 e. The number of aromatic amines is 1. The first-order chi connectivity index (χ1) is 5.38. The van der Waals surface area contributed by atoms with Crippen LogP contribution in [0.1, 0.15) is 0 Å². The molecule has 1 aromatic heterocycles. The highest BCUT2D eigenvalue weighted by atomic mass is 16.2. The number of imidazole rings is 1. The van der Waals surface area contributed by atoms with E-state index >= 15 is 0 Å². The van der Waals surface area contributed by atoms with E-state index in [2.05, 4.69) is 10.4 Å².